The van der Waals surface area contributed by atoms with Crippen molar-refractivity contribution >= 4 is 6.03 Å². The van der Waals surface area contributed by atoms with Crippen molar-refractivity contribution in [3.8, 4) is 0 Å². The van der Waals surface area contributed by atoms with E-state index in [0.29, 0.717) is 13.0 Å². The molecule has 0 aromatic heterocycles. The minimum absolute atomic E-state index is 0.165. The number of hydrogen-bond donors (Lipinski definition) is 3. The molecule has 3 N–H and O–H groups in total. The molecule has 1 fully saturated rings. The van der Waals surface area contributed by atoms with Gasteiger partial charge in [0.05, 0.1) is 12.1 Å². The molecular weight excluding hydrogens is 316 g/mol. The molecule has 0 aliphatic heterocycles. The number of aliphatic hydroxyl groups is 1. The summed E-state index contributed by atoms with van der Waals surface area (Å²) in [6.45, 7) is 4.19. The summed E-state index contributed by atoms with van der Waals surface area (Å²) in [7, 11) is 0. The van der Waals surface area contributed by atoms with Crippen molar-refractivity contribution in [3.05, 3.63) is 35.4 Å². The van der Waals surface area contributed by atoms with Gasteiger partial charge in [0.1, 0.15) is 0 Å². The van der Waals surface area contributed by atoms with Gasteiger partial charge in [-0.1, -0.05) is 37.1 Å². The van der Waals surface area contributed by atoms with Crippen LogP contribution in [0, 0.1) is 5.41 Å². The van der Waals surface area contributed by atoms with Gasteiger partial charge in [-0.25, -0.2) is 4.79 Å². The highest BCUT2D eigenvalue weighted by atomic mass is 16.5. The molecule has 2 atom stereocenters. The number of amides is 2. The average molecular weight is 346 g/mol. The van der Waals surface area contributed by atoms with Crippen LogP contribution in [-0.4, -0.2) is 37.0 Å². The minimum atomic E-state index is -0.554. The van der Waals surface area contributed by atoms with Gasteiger partial charge in [0.2, 0.25) is 0 Å². The van der Waals surface area contributed by atoms with E-state index in [1.807, 2.05) is 31.2 Å². The molecule has 3 rings (SSSR count). The predicted octanol–water partition coefficient (Wildman–Crippen LogP) is 2.93. The van der Waals surface area contributed by atoms with Gasteiger partial charge >= 0.3 is 6.03 Å². The second-order valence-electron chi connectivity index (χ2n) is 7.43. The molecule has 0 heterocycles. The summed E-state index contributed by atoms with van der Waals surface area (Å²) in [5.74, 6) is 0. The molecule has 1 saturated carbocycles. The highest BCUT2D eigenvalue weighted by Crippen LogP contribution is 2.40. The summed E-state index contributed by atoms with van der Waals surface area (Å²) < 4.78 is 5.53. The maximum Gasteiger partial charge on any atom is 0.315 e. The van der Waals surface area contributed by atoms with Crippen molar-refractivity contribution in [2.75, 3.05) is 19.8 Å². The third-order valence-corrected chi connectivity index (χ3v) is 5.76. The number of ether oxygens (including phenoxy) is 1. The summed E-state index contributed by atoms with van der Waals surface area (Å²) in [5.41, 5.74) is 2.31. The van der Waals surface area contributed by atoms with Gasteiger partial charge in [-0.05, 0) is 42.7 Å². The molecule has 25 heavy (non-hydrogen) atoms. The van der Waals surface area contributed by atoms with E-state index in [0.717, 1.165) is 43.6 Å². The SMILES string of the molecule is CCOCCC1(CNC(=O)NC2c3ccccc3CC2O)CCCC1. The van der Waals surface area contributed by atoms with E-state index in [1.54, 1.807) is 0 Å². The Morgan fingerprint density at radius 3 is 2.84 bits per heavy atom. The number of rotatable bonds is 7. The van der Waals surface area contributed by atoms with Crippen LogP contribution in [0.1, 0.15) is 56.2 Å². The monoisotopic (exact) mass is 346 g/mol. The van der Waals surface area contributed by atoms with Gasteiger partial charge in [-0.15, -0.1) is 0 Å². The van der Waals surface area contributed by atoms with E-state index in [2.05, 4.69) is 10.6 Å². The standard InChI is InChI=1S/C20H30N2O3/c1-2-25-12-11-20(9-5-6-10-20)14-21-19(24)22-18-16-8-4-3-7-15(16)13-17(18)23/h3-4,7-8,17-18,23H,2,5-6,9-14H2,1H3,(H2,21,22,24). The van der Waals surface area contributed by atoms with Crippen LogP contribution < -0.4 is 10.6 Å². The topological polar surface area (TPSA) is 70.6 Å². The quantitative estimate of drug-likeness (QED) is 0.665. The molecule has 2 aliphatic carbocycles. The normalized spacial score (nSPS) is 24.1. The number of carbonyl (C=O) groups excluding carboxylic acids is 1. The lowest BCUT2D eigenvalue weighted by Gasteiger charge is -2.29. The van der Waals surface area contributed by atoms with E-state index >= 15 is 0 Å². The van der Waals surface area contributed by atoms with Crippen LogP contribution in [0.15, 0.2) is 24.3 Å². The van der Waals surface area contributed by atoms with E-state index in [9.17, 15) is 9.90 Å². The lowest BCUT2D eigenvalue weighted by atomic mass is 9.83. The molecule has 2 amide bonds. The molecular formula is C20H30N2O3. The molecule has 1 aromatic rings. The van der Waals surface area contributed by atoms with Gasteiger partial charge < -0.3 is 20.5 Å². The highest BCUT2D eigenvalue weighted by Gasteiger charge is 2.35. The zero-order valence-electron chi connectivity index (χ0n) is 15.1. The van der Waals surface area contributed by atoms with Crippen LogP contribution in [0.5, 0.6) is 0 Å². The van der Waals surface area contributed by atoms with Crippen LogP contribution >= 0.6 is 0 Å². The molecule has 0 saturated heterocycles. The maximum absolute atomic E-state index is 12.4. The first-order chi connectivity index (χ1) is 12.1. The zero-order chi connectivity index (χ0) is 17.7. The Hall–Kier alpha value is -1.59. The molecule has 2 unspecified atom stereocenters. The Morgan fingerprint density at radius 1 is 1.32 bits per heavy atom. The molecule has 5 nitrogen and oxygen atoms in total. The van der Waals surface area contributed by atoms with Crippen molar-refractivity contribution in [1.82, 2.24) is 10.6 Å². The van der Waals surface area contributed by atoms with Crippen molar-refractivity contribution < 1.29 is 14.6 Å². The molecule has 0 radical (unpaired) electrons. The Balaban J connectivity index is 1.54. The summed E-state index contributed by atoms with van der Waals surface area (Å²) in [6, 6.07) is 7.40. The van der Waals surface area contributed by atoms with Crippen molar-refractivity contribution in [2.45, 2.75) is 57.6 Å². The fourth-order valence-corrected chi connectivity index (χ4v) is 4.28. The van der Waals surface area contributed by atoms with Crippen LogP contribution in [0.4, 0.5) is 4.79 Å². The van der Waals surface area contributed by atoms with Crippen molar-refractivity contribution in [2.24, 2.45) is 5.41 Å². The first-order valence-electron chi connectivity index (χ1n) is 9.51. The number of fused-ring (bicyclic) bond motifs is 1. The van der Waals surface area contributed by atoms with E-state index in [1.165, 1.54) is 12.8 Å². The highest BCUT2D eigenvalue weighted by molar-refractivity contribution is 5.74. The number of benzene rings is 1. The molecule has 0 bridgehead atoms. The van der Waals surface area contributed by atoms with Crippen LogP contribution in [0.25, 0.3) is 0 Å². The van der Waals surface area contributed by atoms with E-state index in [4.69, 9.17) is 4.74 Å². The second kappa shape index (κ2) is 8.19. The number of aliphatic hydroxyl groups excluding tert-OH is 1. The van der Waals surface area contributed by atoms with Gasteiger partial charge in [-0.2, -0.15) is 0 Å². The smallest absolute Gasteiger partial charge is 0.315 e. The van der Waals surface area contributed by atoms with Gasteiger partial charge in [0.25, 0.3) is 0 Å². The van der Waals surface area contributed by atoms with Gasteiger partial charge in [0, 0.05) is 26.2 Å². The largest absolute Gasteiger partial charge is 0.390 e. The first kappa shape index (κ1) is 18.2. The molecule has 1 aromatic carbocycles. The molecule has 2 aliphatic rings. The average Bonchev–Trinajstić information content (AvgIpc) is 3.19. The number of urea groups is 1. The molecule has 5 heteroatoms. The Labute approximate surface area is 150 Å². The fraction of sp³-hybridized carbons (Fsp3) is 0.650. The Bertz CT molecular complexity index is 584. The number of hydrogen-bond acceptors (Lipinski definition) is 3. The third kappa shape index (κ3) is 4.33. The Kier molecular flexibility index (Phi) is 5.97. The Morgan fingerprint density at radius 2 is 2.08 bits per heavy atom. The minimum Gasteiger partial charge on any atom is -0.390 e. The number of carbonyl (C=O) groups is 1. The van der Waals surface area contributed by atoms with Crippen LogP contribution in [0.3, 0.4) is 0 Å². The van der Waals surface area contributed by atoms with Gasteiger partial charge in [-0.3, -0.25) is 0 Å². The fourth-order valence-electron chi connectivity index (χ4n) is 4.28. The third-order valence-electron chi connectivity index (χ3n) is 5.76. The van der Waals surface area contributed by atoms with Crippen molar-refractivity contribution in [3.63, 3.8) is 0 Å². The summed E-state index contributed by atoms with van der Waals surface area (Å²) >= 11 is 0. The van der Waals surface area contributed by atoms with E-state index in [-0.39, 0.29) is 17.5 Å². The summed E-state index contributed by atoms with van der Waals surface area (Å²) in [5, 5.41) is 16.3. The summed E-state index contributed by atoms with van der Waals surface area (Å²) in [4.78, 5) is 12.4. The molecule has 138 valence electrons. The number of nitrogens with one attached hydrogen (secondary N) is 2. The first-order valence-corrected chi connectivity index (χ1v) is 9.51. The maximum atomic E-state index is 12.4. The van der Waals surface area contributed by atoms with Gasteiger partial charge in [0.15, 0.2) is 0 Å². The summed E-state index contributed by atoms with van der Waals surface area (Å²) in [6.07, 6.45) is 5.79. The zero-order valence-corrected chi connectivity index (χ0v) is 15.1. The van der Waals surface area contributed by atoms with E-state index < -0.39 is 6.10 Å². The second-order valence-corrected chi connectivity index (χ2v) is 7.43. The lowest BCUT2D eigenvalue weighted by molar-refractivity contribution is 0.103. The lowest BCUT2D eigenvalue weighted by Crippen LogP contribution is -2.45. The molecule has 0 spiro atoms. The van der Waals surface area contributed by atoms with Crippen LogP contribution in [-0.2, 0) is 11.2 Å². The van der Waals surface area contributed by atoms with Crippen LogP contribution in [0.2, 0.25) is 0 Å². The predicted molar refractivity (Wildman–Crippen MR) is 97.4 cm³/mol. The van der Waals surface area contributed by atoms with Crippen molar-refractivity contribution in [1.29, 1.82) is 0 Å².